The molecule has 1 atom stereocenters. The van der Waals surface area contributed by atoms with Gasteiger partial charge in [0.2, 0.25) is 0 Å². The Labute approximate surface area is 146 Å². The SMILES string of the molecule is Cc1cc(C(=O)N2CC(C)Oc3ccccc32)c2c(C)nn(C)c2n1. The van der Waals surface area contributed by atoms with E-state index in [-0.39, 0.29) is 12.0 Å². The van der Waals surface area contributed by atoms with Gasteiger partial charge in [-0.25, -0.2) is 4.98 Å². The van der Waals surface area contributed by atoms with Crippen molar-refractivity contribution in [3.05, 3.63) is 47.3 Å². The Balaban J connectivity index is 1.89. The molecule has 128 valence electrons. The standard InChI is InChI=1S/C19H20N4O2/c1-11-9-14(17-13(3)21-22(4)18(17)20-11)19(24)23-10-12(2)25-16-8-6-5-7-15(16)23/h5-9,12H,10H2,1-4H3. The van der Waals surface area contributed by atoms with E-state index in [1.165, 1.54) is 0 Å². The van der Waals surface area contributed by atoms with Crippen LogP contribution in [0.5, 0.6) is 5.75 Å². The number of nitrogens with zero attached hydrogens (tertiary/aromatic N) is 4. The van der Waals surface area contributed by atoms with E-state index in [9.17, 15) is 4.79 Å². The number of para-hydroxylation sites is 2. The van der Waals surface area contributed by atoms with E-state index in [1.807, 2.05) is 58.2 Å². The second-order valence-electron chi connectivity index (χ2n) is 6.53. The Bertz CT molecular complexity index is 992. The predicted octanol–water partition coefficient (Wildman–Crippen LogP) is 3.01. The molecule has 1 aromatic carbocycles. The van der Waals surface area contributed by atoms with Crippen molar-refractivity contribution in [2.75, 3.05) is 11.4 Å². The highest BCUT2D eigenvalue weighted by molar-refractivity contribution is 6.14. The molecule has 1 aliphatic heterocycles. The van der Waals surface area contributed by atoms with Crippen LogP contribution in [0.2, 0.25) is 0 Å². The zero-order chi connectivity index (χ0) is 17.7. The molecular formula is C19H20N4O2. The van der Waals surface area contributed by atoms with Gasteiger partial charge in [0.05, 0.1) is 28.9 Å². The van der Waals surface area contributed by atoms with Crippen LogP contribution in [0.25, 0.3) is 11.0 Å². The van der Waals surface area contributed by atoms with Gasteiger partial charge in [0, 0.05) is 12.7 Å². The van der Waals surface area contributed by atoms with Gasteiger partial charge in [0.25, 0.3) is 5.91 Å². The van der Waals surface area contributed by atoms with Gasteiger partial charge in [-0.2, -0.15) is 5.10 Å². The van der Waals surface area contributed by atoms with E-state index in [0.29, 0.717) is 12.1 Å². The highest BCUT2D eigenvalue weighted by Gasteiger charge is 2.30. The summed E-state index contributed by atoms with van der Waals surface area (Å²) in [5.41, 5.74) is 3.78. The van der Waals surface area contributed by atoms with Gasteiger partial charge in [-0.1, -0.05) is 12.1 Å². The highest BCUT2D eigenvalue weighted by atomic mass is 16.5. The van der Waals surface area contributed by atoms with Crippen molar-refractivity contribution >= 4 is 22.6 Å². The fraction of sp³-hybridized carbons (Fsp3) is 0.316. The van der Waals surface area contributed by atoms with Crippen LogP contribution >= 0.6 is 0 Å². The van der Waals surface area contributed by atoms with Crippen molar-refractivity contribution < 1.29 is 9.53 Å². The maximum atomic E-state index is 13.4. The first-order chi connectivity index (χ1) is 12.0. The number of rotatable bonds is 1. The highest BCUT2D eigenvalue weighted by Crippen LogP contribution is 2.35. The van der Waals surface area contributed by atoms with Crippen molar-refractivity contribution in [2.45, 2.75) is 26.9 Å². The van der Waals surface area contributed by atoms with Gasteiger partial charge < -0.3 is 9.64 Å². The molecule has 3 aromatic rings. The summed E-state index contributed by atoms with van der Waals surface area (Å²) >= 11 is 0. The number of anilines is 1. The van der Waals surface area contributed by atoms with Crippen molar-refractivity contribution in [1.82, 2.24) is 14.8 Å². The van der Waals surface area contributed by atoms with Crippen LogP contribution in [0.1, 0.15) is 28.7 Å². The molecule has 1 unspecified atom stereocenters. The Kier molecular flexibility index (Phi) is 3.49. The number of pyridine rings is 1. The third-order valence-corrected chi connectivity index (χ3v) is 4.50. The van der Waals surface area contributed by atoms with E-state index in [4.69, 9.17) is 4.74 Å². The number of amides is 1. The Morgan fingerprint density at radius 2 is 2.04 bits per heavy atom. The van der Waals surface area contributed by atoms with Gasteiger partial charge in [0.15, 0.2) is 5.65 Å². The molecule has 0 fully saturated rings. The summed E-state index contributed by atoms with van der Waals surface area (Å²) in [5.74, 6) is 0.689. The first-order valence-electron chi connectivity index (χ1n) is 8.34. The quantitative estimate of drug-likeness (QED) is 0.685. The lowest BCUT2D eigenvalue weighted by Crippen LogP contribution is -2.42. The molecule has 2 aromatic heterocycles. The van der Waals surface area contributed by atoms with E-state index in [1.54, 1.807) is 9.58 Å². The van der Waals surface area contributed by atoms with Gasteiger partial charge in [-0.15, -0.1) is 0 Å². The van der Waals surface area contributed by atoms with Gasteiger partial charge >= 0.3 is 0 Å². The molecule has 0 bridgehead atoms. The van der Waals surface area contributed by atoms with Crippen LogP contribution < -0.4 is 9.64 Å². The average Bonchev–Trinajstić information content (AvgIpc) is 2.86. The maximum Gasteiger partial charge on any atom is 0.259 e. The minimum atomic E-state index is -0.0627. The maximum absolute atomic E-state index is 13.4. The predicted molar refractivity (Wildman–Crippen MR) is 96.2 cm³/mol. The molecule has 4 rings (SSSR count). The van der Waals surface area contributed by atoms with Crippen molar-refractivity contribution in [2.24, 2.45) is 7.05 Å². The third kappa shape index (κ3) is 2.45. The number of benzene rings is 1. The van der Waals surface area contributed by atoms with Gasteiger partial charge in [-0.05, 0) is 39.0 Å². The smallest absolute Gasteiger partial charge is 0.259 e. The summed E-state index contributed by atoms with van der Waals surface area (Å²) in [7, 11) is 1.85. The van der Waals surface area contributed by atoms with E-state index < -0.39 is 0 Å². The molecule has 0 saturated carbocycles. The fourth-order valence-corrected chi connectivity index (χ4v) is 3.47. The fourth-order valence-electron chi connectivity index (χ4n) is 3.47. The summed E-state index contributed by atoms with van der Waals surface area (Å²) < 4.78 is 7.59. The molecule has 0 N–H and O–H groups in total. The second kappa shape index (κ2) is 5.58. The Morgan fingerprint density at radius 1 is 1.28 bits per heavy atom. The molecular weight excluding hydrogens is 316 g/mol. The lowest BCUT2D eigenvalue weighted by atomic mass is 10.1. The zero-order valence-corrected chi connectivity index (χ0v) is 14.8. The van der Waals surface area contributed by atoms with E-state index in [2.05, 4.69) is 10.1 Å². The Morgan fingerprint density at radius 3 is 2.84 bits per heavy atom. The molecule has 1 aliphatic rings. The molecule has 0 spiro atoms. The number of aryl methyl sites for hydroxylation is 3. The van der Waals surface area contributed by atoms with Crippen LogP contribution in [-0.2, 0) is 7.05 Å². The van der Waals surface area contributed by atoms with E-state index >= 15 is 0 Å². The van der Waals surface area contributed by atoms with Crippen LogP contribution in [0.15, 0.2) is 30.3 Å². The summed E-state index contributed by atoms with van der Waals surface area (Å²) in [6, 6.07) is 9.50. The molecule has 0 aliphatic carbocycles. The van der Waals surface area contributed by atoms with Crippen LogP contribution in [0, 0.1) is 13.8 Å². The van der Waals surface area contributed by atoms with Crippen LogP contribution in [0.4, 0.5) is 5.69 Å². The molecule has 25 heavy (non-hydrogen) atoms. The number of hydrogen-bond acceptors (Lipinski definition) is 4. The summed E-state index contributed by atoms with van der Waals surface area (Å²) in [5, 5.41) is 5.25. The molecule has 6 heteroatoms. The van der Waals surface area contributed by atoms with Crippen LogP contribution in [-0.4, -0.2) is 33.3 Å². The summed E-state index contributed by atoms with van der Waals surface area (Å²) in [6.45, 7) is 6.29. The van der Waals surface area contributed by atoms with E-state index in [0.717, 1.165) is 33.9 Å². The molecule has 0 saturated heterocycles. The number of carbonyl (C=O) groups excluding carboxylic acids is 1. The minimum Gasteiger partial charge on any atom is -0.487 e. The lowest BCUT2D eigenvalue weighted by molar-refractivity contribution is 0.0962. The molecule has 1 amide bonds. The van der Waals surface area contributed by atoms with Crippen LogP contribution in [0.3, 0.4) is 0 Å². The summed E-state index contributed by atoms with van der Waals surface area (Å²) in [4.78, 5) is 19.8. The molecule has 3 heterocycles. The number of aromatic nitrogens is 3. The number of hydrogen-bond donors (Lipinski definition) is 0. The first kappa shape index (κ1) is 15.6. The minimum absolute atomic E-state index is 0.0470. The lowest BCUT2D eigenvalue weighted by Gasteiger charge is -2.33. The topological polar surface area (TPSA) is 60.3 Å². The van der Waals surface area contributed by atoms with Gasteiger partial charge in [0.1, 0.15) is 11.9 Å². The van der Waals surface area contributed by atoms with Crippen molar-refractivity contribution in [1.29, 1.82) is 0 Å². The average molecular weight is 336 g/mol. The molecule has 6 nitrogen and oxygen atoms in total. The third-order valence-electron chi connectivity index (χ3n) is 4.50. The van der Waals surface area contributed by atoms with Crippen molar-refractivity contribution in [3.8, 4) is 5.75 Å². The van der Waals surface area contributed by atoms with Gasteiger partial charge in [-0.3, -0.25) is 9.48 Å². The number of ether oxygens (including phenoxy) is 1. The Hall–Kier alpha value is -2.89. The zero-order valence-electron chi connectivity index (χ0n) is 14.8. The number of carbonyl (C=O) groups is 1. The largest absolute Gasteiger partial charge is 0.487 e. The summed E-state index contributed by atoms with van der Waals surface area (Å²) in [6.07, 6.45) is -0.0627. The number of fused-ring (bicyclic) bond motifs is 2. The second-order valence-corrected chi connectivity index (χ2v) is 6.53. The molecule has 0 radical (unpaired) electrons. The monoisotopic (exact) mass is 336 g/mol. The normalized spacial score (nSPS) is 16.6. The van der Waals surface area contributed by atoms with Crippen molar-refractivity contribution in [3.63, 3.8) is 0 Å². The first-order valence-corrected chi connectivity index (χ1v) is 8.34.